The van der Waals surface area contributed by atoms with Crippen molar-refractivity contribution in [1.29, 1.82) is 0 Å². The maximum absolute atomic E-state index is 11.2. The summed E-state index contributed by atoms with van der Waals surface area (Å²) in [5, 5.41) is 2.80. The van der Waals surface area contributed by atoms with Crippen LogP contribution in [-0.4, -0.2) is 18.6 Å². The quantitative estimate of drug-likeness (QED) is 0.773. The standard InChI is InChI=1S/C12H13NO3/c1-9-13-11(12(14)16-9)8-15-7-10-5-3-2-4-6-10/h2-6,11,13H,1,7-8H2/t11-/m0/s1. The Morgan fingerprint density at radius 2 is 2.12 bits per heavy atom. The number of hydrogen-bond acceptors (Lipinski definition) is 4. The highest BCUT2D eigenvalue weighted by molar-refractivity contribution is 5.79. The molecule has 0 aliphatic carbocycles. The van der Waals surface area contributed by atoms with Crippen LogP contribution in [0.3, 0.4) is 0 Å². The molecule has 1 aromatic rings. The van der Waals surface area contributed by atoms with Crippen LogP contribution in [0.25, 0.3) is 0 Å². The Hall–Kier alpha value is -1.81. The van der Waals surface area contributed by atoms with E-state index in [9.17, 15) is 4.79 Å². The van der Waals surface area contributed by atoms with Gasteiger partial charge in [0, 0.05) is 0 Å². The second kappa shape index (κ2) is 4.81. The minimum Gasteiger partial charge on any atom is -0.409 e. The lowest BCUT2D eigenvalue weighted by atomic mass is 10.2. The highest BCUT2D eigenvalue weighted by atomic mass is 16.6. The Balaban J connectivity index is 1.76. The Morgan fingerprint density at radius 1 is 1.38 bits per heavy atom. The molecule has 84 valence electrons. The average molecular weight is 219 g/mol. The van der Waals surface area contributed by atoms with Gasteiger partial charge in [-0.1, -0.05) is 30.3 Å². The zero-order chi connectivity index (χ0) is 11.4. The molecule has 16 heavy (non-hydrogen) atoms. The van der Waals surface area contributed by atoms with E-state index in [2.05, 4.69) is 11.9 Å². The monoisotopic (exact) mass is 219 g/mol. The largest absolute Gasteiger partial charge is 0.409 e. The molecule has 4 heteroatoms. The Bertz CT molecular complexity index is 389. The molecule has 1 fully saturated rings. The molecule has 2 rings (SSSR count). The van der Waals surface area contributed by atoms with Crippen molar-refractivity contribution in [3.8, 4) is 0 Å². The van der Waals surface area contributed by atoms with Gasteiger partial charge in [0.2, 0.25) is 0 Å². The van der Waals surface area contributed by atoms with Crippen LogP contribution in [0, 0.1) is 0 Å². The van der Waals surface area contributed by atoms with E-state index in [-0.39, 0.29) is 12.6 Å². The van der Waals surface area contributed by atoms with E-state index in [1.54, 1.807) is 0 Å². The number of esters is 1. The average Bonchev–Trinajstić information content (AvgIpc) is 2.59. The van der Waals surface area contributed by atoms with Crippen molar-refractivity contribution >= 4 is 5.97 Å². The lowest BCUT2D eigenvalue weighted by Crippen LogP contribution is -2.31. The number of nitrogens with one attached hydrogen (secondary N) is 1. The van der Waals surface area contributed by atoms with E-state index >= 15 is 0 Å². The molecule has 0 spiro atoms. The van der Waals surface area contributed by atoms with E-state index in [1.165, 1.54) is 0 Å². The van der Waals surface area contributed by atoms with Crippen molar-refractivity contribution < 1.29 is 14.3 Å². The fourth-order valence-corrected chi connectivity index (χ4v) is 1.45. The van der Waals surface area contributed by atoms with Crippen molar-refractivity contribution in [3.63, 3.8) is 0 Å². The smallest absolute Gasteiger partial charge is 0.337 e. The van der Waals surface area contributed by atoms with Crippen LogP contribution in [0.5, 0.6) is 0 Å². The summed E-state index contributed by atoms with van der Waals surface area (Å²) >= 11 is 0. The maximum atomic E-state index is 11.2. The van der Waals surface area contributed by atoms with Gasteiger partial charge in [-0.25, -0.2) is 4.79 Å². The maximum Gasteiger partial charge on any atom is 0.337 e. The topological polar surface area (TPSA) is 47.6 Å². The third-order valence-electron chi connectivity index (χ3n) is 2.24. The molecule has 0 unspecified atom stereocenters. The zero-order valence-electron chi connectivity index (χ0n) is 8.81. The molecule has 0 saturated carbocycles. The number of carbonyl (C=O) groups excluding carboxylic acids is 1. The first-order valence-corrected chi connectivity index (χ1v) is 5.04. The van der Waals surface area contributed by atoms with Gasteiger partial charge in [0.05, 0.1) is 13.2 Å². The molecular weight excluding hydrogens is 206 g/mol. The molecule has 0 bridgehead atoms. The van der Waals surface area contributed by atoms with Crippen molar-refractivity contribution in [3.05, 3.63) is 48.4 Å². The first kappa shape index (κ1) is 10.7. The number of cyclic esters (lactones) is 1. The number of hydrogen-bond donors (Lipinski definition) is 1. The van der Waals surface area contributed by atoms with Crippen LogP contribution in [-0.2, 0) is 20.9 Å². The van der Waals surface area contributed by atoms with Crippen LogP contribution in [0.4, 0.5) is 0 Å². The molecule has 1 N–H and O–H groups in total. The van der Waals surface area contributed by atoms with Crippen LogP contribution >= 0.6 is 0 Å². The Labute approximate surface area is 93.9 Å². The van der Waals surface area contributed by atoms with E-state index in [1.807, 2.05) is 30.3 Å². The van der Waals surface area contributed by atoms with Crippen molar-refractivity contribution in [2.24, 2.45) is 0 Å². The lowest BCUT2D eigenvalue weighted by molar-refractivity contribution is -0.138. The lowest BCUT2D eigenvalue weighted by Gasteiger charge is -2.07. The summed E-state index contributed by atoms with van der Waals surface area (Å²) < 4.78 is 10.2. The first-order valence-electron chi connectivity index (χ1n) is 5.04. The fraction of sp³-hybridized carbons (Fsp3) is 0.250. The molecule has 1 aromatic carbocycles. The number of ether oxygens (including phenoxy) is 2. The number of rotatable bonds is 4. The molecule has 0 amide bonds. The van der Waals surface area contributed by atoms with E-state index in [0.717, 1.165) is 5.56 Å². The summed E-state index contributed by atoms with van der Waals surface area (Å²) in [6, 6.07) is 9.35. The minimum absolute atomic E-state index is 0.284. The first-order chi connectivity index (χ1) is 7.75. The molecule has 1 heterocycles. The highest BCUT2D eigenvalue weighted by Gasteiger charge is 2.28. The third-order valence-corrected chi connectivity index (χ3v) is 2.24. The number of carbonyl (C=O) groups is 1. The summed E-state index contributed by atoms with van der Waals surface area (Å²) in [5.41, 5.74) is 1.08. The summed E-state index contributed by atoms with van der Waals surface area (Å²) in [4.78, 5) is 11.2. The van der Waals surface area contributed by atoms with Gasteiger partial charge in [-0.15, -0.1) is 0 Å². The van der Waals surface area contributed by atoms with E-state index < -0.39 is 6.04 Å². The predicted octanol–water partition coefficient (Wildman–Crippen LogP) is 1.19. The van der Waals surface area contributed by atoms with Crippen LogP contribution < -0.4 is 5.32 Å². The zero-order valence-corrected chi connectivity index (χ0v) is 8.81. The fourth-order valence-electron chi connectivity index (χ4n) is 1.45. The van der Waals surface area contributed by atoms with Gasteiger partial charge >= 0.3 is 5.97 Å². The van der Waals surface area contributed by atoms with Crippen LogP contribution in [0.1, 0.15) is 5.56 Å². The highest BCUT2D eigenvalue weighted by Crippen LogP contribution is 2.08. The van der Waals surface area contributed by atoms with Gasteiger partial charge in [0.15, 0.2) is 11.9 Å². The normalized spacial score (nSPS) is 19.4. The molecule has 1 atom stereocenters. The Morgan fingerprint density at radius 3 is 2.75 bits per heavy atom. The van der Waals surface area contributed by atoms with Crippen LogP contribution in [0.2, 0.25) is 0 Å². The SMILES string of the molecule is C=C1N[C@@H](COCc2ccccc2)C(=O)O1. The Kier molecular flexibility index (Phi) is 3.22. The molecule has 1 aliphatic heterocycles. The van der Waals surface area contributed by atoms with Gasteiger partial charge in [-0.2, -0.15) is 0 Å². The summed E-state index contributed by atoms with van der Waals surface area (Å²) in [6.45, 7) is 4.28. The van der Waals surface area contributed by atoms with Crippen molar-refractivity contribution in [2.75, 3.05) is 6.61 Å². The van der Waals surface area contributed by atoms with Gasteiger partial charge in [0.1, 0.15) is 0 Å². The third kappa shape index (κ3) is 2.61. The molecule has 4 nitrogen and oxygen atoms in total. The molecular formula is C12H13NO3. The molecule has 1 aliphatic rings. The predicted molar refractivity (Wildman–Crippen MR) is 58.3 cm³/mol. The van der Waals surface area contributed by atoms with Gasteiger partial charge in [-0.3, -0.25) is 0 Å². The van der Waals surface area contributed by atoms with E-state index in [0.29, 0.717) is 12.5 Å². The summed E-state index contributed by atoms with van der Waals surface area (Å²) in [6.07, 6.45) is 0. The van der Waals surface area contributed by atoms with Crippen molar-refractivity contribution in [2.45, 2.75) is 12.6 Å². The van der Waals surface area contributed by atoms with E-state index in [4.69, 9.17) is 9.47 Å². The molecule has 0 radical (unpaired) electrons. The molecule has 1 saturated heterocycles. The minimum atomic E-state index is -0.434. The van der Waals surface area contributed by atoms with Crippen molar-refractivity contribution in [1.82, 2.24) is 5.32 Å². The summed E-state index contributed by atoms with van der Waals surface area (Å²) in [7, 11) is 0. The van der Waals surface area contributed by atoms with Gasteiger partial charge in [-0.05, 0) is 12.1 Å². The number of benzene rings is 1. The molecule has 0 aromatic heterocycles. The van der Waals surface area contributed by atoms with Gasteiger partial charge < -0.3 is 14.8 Å². The summed E-state index contributed by atoms with van der Waals surface area (Å²) in [5.74, 6) is -0.0450. The van der Waals surface area contributed by atoms with Crippen LogP contribution in [0.15, 0.2) is 42.8 Å². The van der Waals surface area contributed by atoms with Gasteiger partial charge in [0.25, 0.3) is 0 Å². The second-order valence-electron chi connectivity index (χ2n) is 3.54. The second-order valence-corrected chi connectivity index (χ2v) is 3.54.